The highest BCUT2D eigenvalue weighted by molar-refractivity contribution is 4.96. The number of likely N-dealkylation sites (N-methyl/N-ethyl adjacent to an activating group) is 1. The Kier molecular flexibility index (Phi) is 3.74. The van der Waals surface area contributed by atoms with Gasteiger partial charge in [0.2, 0.25) is 0 Å². The van der Waals surface area contributed by atoms with E-state index in [4.69, 9.17) is 4.74 Å². The minimum absolute atomic E-state index is 0.0956. The molecule has 84 valence electrons. The maximum absolute atomic E-state index is 11.8. The molecule has 3 nitrogen and oxygen atoms in total. The van der Waals surface area contributed by atoms with Crippen LogP contribution in [0.25, 0.3) is 0 Å². The second kappa shape index (κ2) is 4.46. The second-order valence-corrected chi connectivity index (χ2v) is 3.30. The molecule has 1 N–H and O–H groups in total. The van der Waals surface area contributed by atoms with Gasteiger partial charge in [0.25, 0.3) is 0 Å². The molecular weight excluding hydrogens is 199 g/mol. The zero-order valence-electron chi connectivity index (χ0n) is 8.10. The average molecular weight is 213 g/mol. The van der Waals surface area contributed by atoms with Crippen LogP contribution in [0.5, 0.6) is 0 Å². The molecular formula is C8H14F3NO2. The predicted octanol–water partition coefficient (Wildman–Crippen LogP) is 0.941. The van der Waals surface area contributed by atoms with Crippen LogP contribution in [0.15, 0.2) is 0 Å². The van der Waals surface area contributed by atoms with Crippen molar-refractivity contribution in [2.24, 2.45) is 0 Å². The van der Waals surface area contributed by atoms with Gasteiger partial charge in [-0.2, -0.15) is 13.2 Å². The van der Waals surface area contributed by atoms with Crippen molar-refractivity contribution < 1.29 is 22.6 Å². The fourth-order valence-electron chi connectivity index (χ4n) is 1.54. The Bertz CT molecular complexity index is 186. The van der Waals surface area contributed by atoms with Crippen molar-refractivity contribution in [1.82, 2.24) is 5.32 Å². The van der Waals surface area contributed by atoms with Gasteiger partial charge in [-0.3, -0.25) is 0 Å². The zero-order valence-corrected chi connectivity index (χ0v) is 8.10. The molecule has 1 aliphatic rings. The zero-order chi connectivity index (χ0) is 10.8. The van der Waals surface area contributed by atoms with E-state index in [2.05, 4.69) is 10.1 Å². The first-order chi connectivity index (χ1) is 6.48. The van der Waals surface area contributed by atoms with Crippen LogP contribution in [0.2, 0.25) is 0 Å². The van der Waals surface area contributed by atoms with E-state index in [1.165, 1.54) is 7.11 Å². The molecule has 1 saturated carbocycles. The number of ether oxygens (including phenoxy) is 2. The van der Waals surface area contributed by atoms with E-state index >= 15 is 0 Å². The van der Waals surface area contributed by atoms with Gasteiger partial charge in [-0.05, 0) is 13.5 Å². The molecule has 0 bridgehead atoms. The fraction of sp³-hybridized carbons (Fsp3) is 1.00. The smallest absolute Gasteiger partial charge is 0.377 e. The Labute approximate surface area is 80.6 Å². The second-order valence-electron chi connectivity index (χ2n) is 3.30. The summed E-state index contributed by atoms with van der Waals surface area (Å²) in [6.07, 6.45) is -4.42. The summed E-state index contributed by atoms with van der Waals surface area (Å²) in [4.78, 5) is 0. The summed E-state index contributed by atoms with van der Waals surface area (Å²) in [6, 6.07) is 0.0956. The van der Waals surface area contributed by atoms with Crippen LogP contribution in [0.1, 0.15) is 6.42 Å². The van der Waals surface area contributed by atoms with Crippen molar-refractivity contribution in [2.75, 3.05) is 20.8 Å². The Morgan fingerprint density at radius 2 is 2.07 bits per heavy atom. The molecule has 0 aromatic rings. The van der Waals surface area contributed by atoms with E-state index in [1.54, 1.807) is 7.05 Å². The van der Waals surface area contributed by atoms with Crippen molar-refractivity contribution in [3.8, 4) is 0 Å². The number of nitrogens with one attached hydrogen (secondary N) is 1. The van der Waals surface area contributed by atoms with Crippen LogP contribution >= 0.6 is 0 Å². The Morgan fingerprint density at radius 3 is 2.50 bits per heavy atom. The normalized spacial score (nSPS) is 32.8. The van der Waals surface area contributed by atoms with Crippen molar-refractivity contribution >= 4 is 0 Å². The van der Waals surface area contributed by atoms with Crippen molar-refractivity contribution in [3.63, 3.8) is 0 Å². The van der Waals surface area contributed by atoms with Gasteiger partial charge in [0.05, 0.1) is 12.2 Å². The molecule has 0 spiro atoms. The van der Waals surface area contributed by atoms with Gasteiger partial charge in [-0.15, -0.1) is 0 Å². The van der Waals surface area contributed by atoms with Gasteiger partial charge in [0.1, 0.15) is 6.61 Å². The first-order valence-corrected chi connectivity index (χ1v) is 4.36. The first-order valence-electron chi connectivity index (χ1n) is 4.36. The number of methoxy groups -OCH3 is 1. The van der Waals surface area contributed by atoms with E-state index in [-0.39, 0.29) is 12.1 Å². The molecule has 1 rings (SSSR count). The minimum Gasteiger partial charge on any atom is -0.377 e. The number of halogens is 3. The van der Waals surface area contributed by atoms with Gasteiger partial charge in [0.15, 0.2) is 0 Å². The lowest BCUT2D eigenvalue weighted by atomic mass is 9.85. The first kappa shape index (κ1) is 11.7. The largest absolute Gasteiger partial charge is 0.411 e. The Hall–Kier alpha value is -0.330. The van der Waals surface area contributed by atoms with Gasteiger partial charge >= 0.3 is 6.18 Å². The molecule has 0 heterocycles. The monoisotopic (exact) mass is 213 g/mol. The van der Waals surface area contributed by atoms with E-state index in [0.29, 0.717) is 6.42 Å². The SMILES string of the molecule is CNC1CC(OCC(F)(F)F)C1OC. The molecule has 1 aliphatic carbocycles. The highest BCUT2D eigenvalue weighted by atomic mass is 19.4. The highest BCUT2D eigenvalue weighted by Gasteiger charge is 2.43. The van der Waals surface area contributed by atoms with Crippen LogP contribution in [-0.4, -0.2) is 45.2 Å². The van der Waals surface area contributed by atoms with Gasteiger partial charge in [0, 0.05) is 13.2 Å². The molecule has 14 heavy (non-hydrogen) atoms. The van der Waals surface area contributed by atoms with Gasteiger partial charge < -0.3 is 14.8 Å². The lowest BCUT2D eigenvalue weighted by Crippen LogP contribution is -2.59. The third kappa shape index (κ3) is 2.83. The number of hydrogen-bond acceptors (Lipinski definition) is 3. The van der Waals surface area contributed by atoms with Crippen LogP contribution in [0, 0.1) is 0 Å². The molecule has 6 heteroatoms. The van der Waals surface area contributed by atoms with Crippen LogP contribution in [-0.2, 0) is 9.47 Å². The van der Waals surface area contributed by atoms with E-state index in [0.717, 1.165) is 0 Å². The Balaban J connectivity index is 2.27. The summed E-state index contributed by atoms with van der Waals surface area (Å²) >= 11 is 0. The molecule has 3 unspecified atom stereocenters. The maximum atomic E-state index is 11.8. The molecule has 0 radical (unpaired) electrons. The van der Waals surface area contributed by atoms with Crippen molar-refractivity contribution in [3.05, 3.63) is 0 Å². The summed E-state index contributed by atoms with van der Waals surface area (Å²) in [5, 5.41) is 2.94. The maximum Gasteiger partial charge on any atom is 0.411 e. The van der Waals surface area contributed by atoms with Crippen LogP contribution in [0.4, 0.5) is 13.2 Å². The van der Waals surface area contributed by atoms with Crippen molar-refractivity contribution in [2.45, 2.75) is 30.8 Å². The molecule has 3 atom stereocenters. The van der Waals surface area contributed by atoms with Gasteiger partial charge in [-0.1, -0.05) is 0 Å². The lowest BCUT2D eigenvalue weighted by Gasteiger charge is -2.43. The summed E-state index contributed by atoms with van der Waals surface area (Å²) in [5.74, 6) is 0. The average Bonchev–Trinajstić information content (AvgIpc) is 2.01. The minimum atomic E-state index is -4.26. The Morgan fingerprint density at radius 1 is 1.43 bits per heavy atom. The molecule has 0 saturated heterocycles. The fourth-order valence-corrected chi connectivity index (χ4v) is 1.54. The lowest BCUT2D eigenvalue weighted by molar-refractivity contribution is -0.217. The summed E-state index contributed by atoms with van der Waals surface area (Å²) in [5.41, 5.74) is 0. The summed E-state index contributed by atoms with van der Waals surface area (Å²) < 4.78 is 45.1. The van der Waals surface area contributed by atoms with E-state index < -0.39 is 18.9 Å². The summed E-state index contributed by atoms with van der Waals surface area (Å²) in [6.45, 7) is -1.20. The topological polar surface area (TPSA) is 30.5 Å². The third-order valence-electron chi connectivity index (χ3n) is 2.35. The molecule has 0 amide bonds. The van der Waals surface area contributed by atoms with Crippen LogP contribution < -0.4 is 5.32 Å². The summed E-state index contributed by atoms with van der Waals surface area (Å²) in [7, 11) is 3.22. The van der Waals surface area contributed by atoms with Crippen LogP contribution in [0.3, 0.4) is 0 Å². The molecule has 0 aromatic carbocycles. The highest BCUT2D eigenvalue weighted by Crippen LogP contribution is 2.28. The van der Waals surface area contributed by atoms with Crippen molar-refractivity contribution in [1.29, 1.82) is 0 Å². The van der Waals surface area contributed by atoms with E-state index in [9.17, 15) is 13.2 Å². The van der Waals surface area contributed by atoms with Gasteiger partial charge in [-0.25, -0.2) is 0 Å². The number of alkyl halides is 3. The quantitative estimate of drug-likeness (QED) is 0.754. The third-order valence-corrected chi connectivity index (χ3v) is 2.35. The molecule has 0 aliphatic heterocycles. The number of rotatable bonds is 4. The number of hydrogen-bond donors (Lipinski definition) is 1. The molecule has 1 fully saturated rings. The molecule has 0 aromatic heterocycles. The standard InChI is InChI=1S/C8H14F3NO2/c1-12-5-3-6(7(5)13-2)14-4-8(9,10)11/h5-7,12H,3-4H2,1-2H3. The predicted molar refractivity (Wildman–Crippen MR) is 44.1 cm³/mol. The van der Waals surface area contributed by atoms with E-state index in [1.807, 2.05) is 0 Å².